The number of hydrogen-bond donors (Lipinski definition) is 4. The average molecular weight is 731 g/mol. The number of carbonyl (C=O) groups excluding carboxylic acids is 2. The minimum atomic E-state index is -5.28. The van der Waals surface area contributed by atoms with E-state index in [1.807, 2.05) is 28.8 Å². The van der Waals surface area contributed by atoms with E-state index in [0.717, 1.165) is 42.5 Å². The maximum Gasteiger partial charge on any atom is 0.374 e. The Morgan fingerprint density at radius 3 is 2.56 bits per heavy atom. The number of hydrogen-bond acceptors (Lipinski definition) is 15. The van der Waals surface area contributed by atoms with Crippen LogP contribution in [0.3, 0.4) is 0 Å². The van der Waals surface area contributed by atoms with E-state index in [1.54, 1.807) is 24.3 Å². The van der Waals surface area contributed by atoms with E-state index in [1.165, 1.54) is 19.2 Å². The highest BCUT2D eigenvalue weighted by Crippen LogP contribution is 2.47. The first-order valence-corrected chi connectivity index (χ1v) is 18.0. The number of thiazole rings is 1. The van der Waals surface area contributed by atoms with E-state index in [-0.39, 0.29) is 10.8 Å². The van der Waals surface area contributed by atoms with Crippen LogP contribution in [0.1, 0.15) is 26.0 Å². The van der Waals surface area contributed by atoms with E-state index >= 15 is 0 Å². The largest absolute Gasteiger partial charge is 0.724 e. The van der Waals surface area contributed by atoms with Crippen molar-refractivity contribution >= 4 is 52.0 Å². The van der Waals surface area contributed by atoms with Crippen molar-refractivity contribution < 1.29 is 55.1 Å². The van der Waals surface area contributed by atoms with Crippen LogP contribution < -0.4 is 26.2 Å². The summed E-state index contributed by atoms with van der Waals surface area (Å²) in [6.45, 7) is 3.45. The van der Waals surface area contributed by atoms with Crippen molar-refractivity contribution in [3.63, 3.8) is 0 Å². The minimum Gasteiger partial charge on any atom is -0.724 e. The van der Waals surface area contributed by atoms with Crippen LogP contribution in [0.5, 0.6) is 5.75 Å². The number of rotatable bonds is 16. The van der Waals surface area contributed by atoms with Gasteiger partial charge in [-0.25, -0.2) is 13.4 Å². The Kier molecular flexibility index (Phi) is 11.3. The number of nitrogens with two attached hydrogens (primary N) is 2. The summed E-state index contributed by atoms with van der Waals surface area (Å²) in [4.78, 5) is 45.7. The molecule has 1 saturated heterocycles. The van der Waals surface area contributed by atoms with Crippen molar-refractivity contribution in [2.45, 2.75) is 44.2 Å². The monoisotopic (exact) mass is 730 g/mol. The van der Waals surface area contributed by atoms with Crippen molar-refractivity contribution in [3.8, 4) is 16.9 Å². The summed E-state index contributed by atoms with van der Waals surface area (Å²) in [5.41, 5.74) is 11.0. The summed E-state index contributed by atoms with van der Waals surface area (Å²) < 4.78 is 64.5. The van der Waals surface area contributed by atoms with Gasteiger partial charge in [0.2, 0.25) is 16.6 Å². The molecule has 2 amide bonds. The number of amides is 2. The highest BCUT2D eigenvalue weighted by atomic mass is 32.3. The number of benzene rings is 1. The number of nitrogens with one attached hydrogen (secondary N) is 1. The SMILES string of the molecule is COP(=O)(O)[C@H](COc1ccc(-c2cn(CCCN)[n+](C)c2)cc1)O/N=C(\C(=O)NC1C(=O)N(OS(=O)(=O)[O-])C1(C)C)c1csc(N)n1. The second-order valence-corrected chi connectivity index (χ2v) is 14.8. The number of nitrogen functional groups attached to an aromatic ring is 1. The van der Waals surface area contributed by atoms with Crippen LogP contribution in [-0.2, 0) is 51.8 Å². The lowest BCUT2D eigenvalue weighted by Gasteiger charge is -2.51. The molecule has 48 heavy (non-hydrogen) atoms. The number of hydroxylamine groups is 2. The van der Waals surface area contributed by atoms with Crippen LogP contribution in [0.2, 0.25) is 0 Å². The summed E-state index contributed by atoms with van der Waals surface area (Å²) in [7, 11) is -6.93. The lowest BCUT2D eigenvalue weighted by Crippen LogP contribution is -2.76. The maximum atomic E-state index is 13.3. The Balaban J connectivity index is 1.50. The Labute approximate surface area is 279 Å². The first kappa shape index (κ1) is 36.9. The van der Waals surface area contributed by atoms with Gasteiger partial charge in [0.05, 0.1) is 23.8 Å². The van der Waals surface area contributed by atoms with Crippen LogP contribution in [0, 0.1) is 0 Å². The van der Waals surface area contributed by atoms with Gasteiger partial charge in [-0.1, -0.05) is 17.3 Å². The number of ether oxygens (including phenoxy) is 1. The van der Waals surface area contributed by atoms with Crippen LogP contribution >= 0.6 is 18.9 Å². The fourth-order valence-corrected chi connectivity index (χ4v) is 6.19. The normalized spacial score (nSPS) is 18.1. The molecule has 0 spiro atoms. The van der Waals surface area contributed by atoms with Crippen molar-refractivity contribution in [2.75, 3.05) is 26.0 Å². The second-order valence-electron chi connectivity index (χ2n) is 10.9. The number of aromatic nitrogens is 3. The molecule has 3 heterocycles. The molecule has 6 N–H and O–H groups in total. The lowest BCUT2D eigenvalue weighted by molar-refractivity contribution is -0.753. The average Bonchev–Trinajstić information content (AvgIpc) is 3.63. The molecule has 2 unspecified atom stereocenters. The summed E-state index contributed by atoms with van der Waals surface area (Å²) in [5.74, 6) is -3.52. The zero-order chi connectivity index (χ0) is 35.4. The first-order valence-electron chi connectivity index (χ1n) is 14.1. The molecule has 0 bridgehead atoms. The van der Waals surface area contributed by atoms with Gasteiger partial charge in [-0.15, -0.1) is 16.0 Å². The number of anilines is 1. The fraction of sp³-hybridized carbons (Fsp3) is 0.423. The van der Waals surface area contributed by atoms with Gasteiger partial charge in [0, 0.05) is 12.5 Å². The van der Waals surface area contributed by atoms with Gasteiger partial charge in [-0.3, -0.25) is 14.2 Å². The van der Waals surface area contributed by atoms with Crippen LogP contribution in [0.4, 0.5) is 5.13 Å². The van der Waals surface area contributed by atoms with Crippen LogP contribution in [0.15, 0.2) is 47.2 Å². The molecule has 19 nitrogen and oxygen atoms in total. The number of nitrogens with zero attached hydrogens (tertiary/aromatic N) is 5. The summed E-state index contributed by atoms with van der Waals surface area (Å²) in [6, 6.07) is 5.54. The molecule has 2 aromatic heterocycles. The molecule has 0 radical (unpaired) electrons. The summed E-state index contributed by atoms with van der Waals surface area (Å²) in [6.07, 6.45) is 4.77. The number of oxime groups is 1. The lowest BCUT2D eigenvalue weighted by atomic mass is 9.84. The minimum absolute atomic E-state index is 0.0414. The molecule has 3 atom stereocenters. The van der Waals surface area contributed by atoms with Gasteiger partial charge in [0.25, 0.3) is 17.7 Å². The molecule has 1 fully saturated rings. The van der Waals surface area contributed by atoms with E-state index in [0.29, 0.717) is 17.4 Å². The molecule has 262 valence electrons. The quantitative estimate of drug-likeness (QED) is 0.0283. The number of aryl methyl sites for hydroxylation is 2. The second kappa shape index (κ2) is 14.7. The predicted octanol–water partition coefficient (Wildman–Crippen LogP) is -0.178. The van der Waals surface area contributed by atoms with Gasteiger partial charge < -0.3 is 40.3 Å². The Hall–Kier alpha value is -3.95. The zero-order valence-electron chi connectivity index (χ0n) is 26.2. The van der Waals surface area contributed by atoms with E-state index < -0.39 is 59.6 Å². The van der Waals surface area contributed by atoms with Gasteiger partial charge >= 0.3 is 7.60 Å². The first-order chi connectivity index (χ1) is 22.5. The van der Waals surface area contributed by atoms with Crippen LogP contribution in [0.25, 0.3) is 11.1 Å². The third-order valence-electron chi connectivity index (χ3n) is 7.18. The van der Waals surface area contributed by atoms with Crippen molar-refractivity contribution in [1.29, 1.82) is 0 Å². The molecular formula is C26H35N8O11PS2. The van der Waals surface area contributed by atoms with E-state index in [4.69, 9.17) is 25.6 Å². The Morgan fingerprint density at radius 2 is 2.00 bits per heavy atom. The van der Waals surface area contributed by atoms with Gasteiger partial charge in [0.1, 0.15) is 24.1 Å². The summed E-state index contributed by atoms with van der Waals surface area (Å²) in [5, 5.41) is 7.82. The van der Waals surface area contributed by atoms with Crippen molar-refractivity contribution in [3.05, 3.63) is 47.7 Å². The van der Waals surface area contributed by atoms with Crippen molar-refractivity contribution in [1.82, 2.24) is 20.0 Å². The smallest absolute Gasteiger partial charge is 0.374 e. The number of carbonyl (C=O) groups is 2. The van der Waals surface area contributed by atoms with Gasteiger partial charge in [-0.2, -0.15) is 14.0 Å². The predicted molar refractivity (Wildman–Crippen MR) is 169 cm³/mol. The molecule has 0 aliphatic carbocycles. The van der Waals surface area contributed by atoms with E-state index in [9.17, 15) is 32.0 Å². The van der Waals surface area contributed by atoms with Crippen LogP contribution in [-0.4, -0.2) is 87.8 Å². The molecule has 3 aromatic rings. The van der Waals surface area contributed by atoms with Gasteiger partial charge in [-0.05, 0) is 44.5 Å². The maximum absolute atomic E-state index is 13.3. The third kappa shape index (κ3) is 8.55. The summed E-state index contributed by atoms with van der Waals surface area (Å²) >= 11 is 0.945. The van der Waals surface area contributed by atoms with Crippen molar-refractivity contribution in [2.24, 2.45) is 17.9 Å². The number of β-lactam (4-membered cyclic amide) rings is 1. The molecule has 1 aromatic carbocycles. The molecule has 4 rings (SSSR count). The highest BCUT2D eigenvalue weighted by Gasteiger charge is 2.57. The molecular weight excluding hydrogens is 695 g/mol. The fourth-order valence-electron chi connectivity index (χ4n) is 4.53. The van der Waals surface area contributed by atoms with E-state index in [2.05, 4.69) is 19.7 Å². The standard InChI is InChI=1S/C26H35N8O11PS2/c1-26(2)22(24(36)34(26)45-48(39,40)41)30-23(35)21(19-15-47-25(28)29-19)31-44-20(46(37,38)42-4)14-43-18-8-6-16(7-9-18)17-12-32(3)33(13-17)11-5-10-27/h6-9,12-13,15,20,22H,5,10-11,14,27H2,1-4H3,(H4-,28,29,30,35,37,38,39,40,41)/b31-21-/t20-,22?/m1/s1. The zero-order valence-corrected chi connectivity index (χ0v) is 28.7. The topological polar surface area (TPSA) is 267 Å². The Morgan fingerprint density at radius 1 is 1.31 bits per heavy atom. The molecule has 22 heteroatoms. The molecule has 1 aliphatic heterocycles. The Bertz CT molecular complexity index is 1830. The van der Waals surface area contributed by atoms with Gasteiger partial charge in [0.15, 0.2) is 17.9 Å². The highest BCUT2D eigenvalue weighted by molar-refractivity contribution is 7.80. The molecule has 1 aliphatic rings. The third-order valence-corrected chi connectivity index (χ3v) is 9.68. The molecule has 0 saturated carbocycles.